The first-order valence-corrected chi connectivity index (χ1v) is 11.5. The summed E-state index contributed by atoms with van der Waals surface area (Å²) in [6.45, 7) is 15.1. The molecule has 6 heteroatoms. The fourth-order valence-electron chi connectivity index (χ4n) is 3.60. The van der Waals surface area contributed by atoms with Crippen LogP contribution in [0.25, 0.3) is 0 Å². The molecule has 1 aliphatic rings. The quantitative estimate of drug-likeness (QED) is 0.232. The van der Waals surface area contributed by atoms with Crippen molar-refractivity contribution in [2.75, 3.05) is 20.1 Å². The van der Waals surface area contributed by atoms with Crippen molar-refractivity contribution in [2.45, 2.75) is 31.5 Å². The Morgan fingerprint density at radius 2 is 1.74 bits per heavy atom. The van der Waals surface area contributed by atoms with Gasteiger partial charge in [-0.1, -0.05) is 42.5 Å². The van der Waals surface area contributed by atoms with E-state index in [1.165, 1.54) is 17.3 Å². The minimum atomic E-state index is -0.704. The van der Waals surface area contributed by atoms with Crippen LogP contribution in [0.5, 0.6) is 0 Å². The zero-order valence-corrected chi connectivity index (χ0v) is 23.4. The van der Waals surface area contributed by atoms with Crippen LogP contribution >= 0.6 is 0 Å². The zero-order valence-electron chi connectivity index (χ0n) is 21.4. The number of alkyl halides is 1. The second-order valence-corrected chi connectivity index (χ2v) is 7.90. The smallest absolute Gasteiger partial charge is 0.405 e. The van der Waals surface area contributed by atoms with Crippen LogP contribution < -0.4 is 46.3 Å². The van der Waals surface area contributed by atoms with Gasteiger partial charge in [0, 0.05) is 24.5 Å². The maximum absolute atomic E-state index is 13.0. The average molecular weight is 487 g/mol. The van der Waals surface area contributed by atoms with Crippen LogP contribution in [0.4, 0.5) is 4.39 Å². The Morgan fingerprint density at radius 1 is 1.14 bits per heavy atom. The summed E-state index contributed by atoms with van der Waals surface area (Å²) in [5, 5.41) is 3.33. The number of allylic oxidation sites excluding steroid dienone is 4. The molecule has 0 aliphatic carbocycles. The molecule has 2 aromatic carbocycles. The Hall–Kier alpha value is -2.44. The number of nitrogens with two attached hydrogens (primary N) is 2. The van der Waals surface area contributed by atoms with Gasteiger partial charge >= 0.3 is 29.6 Å². The molecule has 1 aliphatic heterocycles. The fourth-order valence-corrected chi connectivity index (χ4v) is 3.60. The summed E-state index contributed by atoms with van der Waals surface area (Å²) < 4.78 is 13.0. The van der Waals surface area contributed by atoms with Crippen molar-refractivity contribution in [1.29, 1.82) is 0 Å². The SMILES string of the molecule is C=C.C=C(CC/C(N)=C/C=C\N)N1CCC(F)C1.[CH2-]c1ccc(C(NC)c2ccccc2)cc1.[Na+]. The van der Waals surface area contributed by atoms with Gasteiger partial charge < -0.3 is 21.7 Å². The van der Waals surface area contributed by atoms with Crippen molar-refractivity contribution in [3.63, 3.8) is 0 Å². The maximum atomic E-state index is 13.0. The van der Waals surface area contributed by atoms with Crippen LogP contribution in [0.3, 0.4) is 0 Å². The van der Waals surface area contributed by atoms with Gasteiger partial charge in [-0.15, -0.1) is 25.3 Å². The van der Waals surface area contributed by atoms with E-state index in [-0.39, 0.29) is 35.6 Å². The molecule has 1 fully saturated rings. The number of nitrogens with zero attached hydrogens (tertiary/aromatic N) is 1. The third-order valence-corrected chi connectivity index (χ3v) is 5.44. The van der Waals surface area contributed by atoms with Crippen molar-refractivity contribution in [3.05, 3.63) is 128 Å². The van der Waals surface area contributed by atoms with Crippen molar-refractivity contribution in [3.8, 4) is 0 Å². The number of benzene rings is 2. The van der Waals surface area contributed by atoms with Crippen molar-refractivity contribution < 1.29 is 33.9 Å². The van der Waals surface area contributed by atoms with Gasteiger partial charge in [0.2, 0.25) is 0 Å². The molecule has 35 heavy (non-hydrogen) atoms. The molecule has 0 saturated carbocycles. The van der Waals surface area contributed by atoms with Crippen LogP contribution in [0.15, 0.2) is 104 Å². The molecule has 5 N–H and O–H groups in total. The van der Waals surface area contributed by atoms with Crippen LogP contribution in [-0.4, -0.2) is 31.2 Å². The Balaban J connectivity index is 0.000000601. The van der Waals surface area contributed by atoms with Gasteiger partial charge in [0.05, 0.1) is 6.04 Å². The minimum Gasteiger partial charge on any atom is -0.405 e. The number of halogens is 1. The van der Waals surface area contributed by atoms with Gasteiger partial charge in [0.1, 0.15) is 6.17 Å². The van der Waals surface area contributed by atoms with Gasteiger partial charge in [0.15, 0.2) is 0 Å². The zero-order chi connectivity index (χ0) is 25.3. The molecule has 2 atom stereocenters. The molecule has 2 aromatic rings. The van der Waals surface area contributed by atoms with E-state index in [0.717, 1.165) is 36.3 Å². The third-order valence-electron chi connectivity index (χ3n) is 5.44. The van der Waals surface area contributed by atoms with Crippen LogP contribution in [-0.2, 0) is 0 Å². The summed E-state index contributed by atoms with van der Waals surface area (Å²) in [7, 11) is 1.98. The van der Waals surface area contributed by atoms with Gasteiger partial charge in [-0.2, -0.15) is 24.6 Å². The van der Waals surface area contributed by atoms with E-state index in [1.807, 2.05) is 30.1 Å². The fraction of sp³-hybridized carbons (Fsp3) is 0.276. The summed E-state index contributed by atoms with van der Waals surface area (Å²) in [4.78, 5) is 2.00. The van der Waals surface area contributed by atoms with Crippen molar-refractivity contribution in [2.24, 2.45) is 11.5 Å². The van der Waals surface area contributed by atoms with E-state index in [1.54, 1.807) is 12.2 Å². The number of nitrogens with one attached hydrogen (secondary N) is 1. The van der Waals surface area contributed by atoms with Gasteiger partial charge in [-0.05, 0) is 50.2 Å². The van der Waals surface area contributed by atoms with E-state index in [9.17, 15) is 4.39 Å². The summed E-state index contributed by atoms with van der Waals surface area (Å²) in [6.07, 6.45) is 6.32. The number of hydrogen-bond acceptors (Lipinski definition) is 4. The molecule has 0 bridgehead atoms. The number of rotatable bonds is 8. The number of hydrogen-bond donors (Lipinski definition) is 3. The molecule has 0 aromatic heterocycles. The first-order chi connectivity index (χ1) is 16.4. The first-order valence-electron chi connectivity index (χ1n) is 11.5. The van der Waals surface area contributed by atoms with Crippen LogP contribution in [0, 0.1) is 6.92 Å². The summed E-state index contributed by atoms with van der Waals surface area (Å²) in [5.41, 5.74) is 16.3. The Labute approximate surface area is 234 Å². The Kier molecular flexibility index (Phi) is 17.5. The minimum absolute atomic E-state index is 0. The van der Waals surface area contributed by atoms with Crippen molar-refractivity contribution >= 4 is 0 Å². The summed E-state index contributed by atoms with van der Waals surface area (Å²) in [5.74, 6) is 0. The maximum Gasteiger partial charge on any atom is 1.00 e. The van der Waals surface area contributed by atoms with E-state index in [4.69, 9.17) is 11.5 Å². The van der Waals surface area contributed by atoms with E-state index >= 15 is 0 Å². The van der Waals surface area contributed by atoms with Gasteiger partial charge in [-0.25, -0.2) is 4.39 Å². The third kappa shape index (κ3) is 12.2. The predicted octanol–water partition coefficient (Wildman–Crippen LogP) is 2.62. The monoisotopic (exact) mass is 486 g/mol. The van der Waals surface area contributed by atoms with E-state index in [2.05, 4.69) is 68.4 Å². The molecule has 1 saturated heterocycles. The Bertz CT molecular complexity index is 897. The molecule has 0 radical (unpaired) electrons. The summed E-state index contributed by atoms with van der Waals surface area (Å²) in [6, 6.07) is 19.0. The molecule has 184 valence electrons. The standard InChI is InChI=1S/C15H16N.C12H20FN3.C2H4.Na/c1-12-8-10-14(11-9-12)15(16-2)13-6-4-3-5-7-13;1-10(16-8-6-11(13)9-16)4-5-12(15)3-2-7-14;1-2;/h3-11,15-16H,1H2,2H3;2-3,7,11H,1,4-6,8-9,14-15H2;1-2H2;/q-1;;;+1/b;7-2-,12-3-;;. The van der Waals surface area contributed by atoms with Crippen LogP contribution in [0.2, 0.25) is 0 Å². The molecular formula is C29H40FN4Na. The van der Waals surface area contributed by atoms with Gasteiger partial charge in [-0.3, -0.25) is 0 Å². The molecule has 1 heterocycles. The topological polar surface area (TPSA) is 67.3 Å². The normalized spacial score (nSPS) is 15.8. The second kappa shape index (κ2) is 18.8. The van der Waals surface area contributed by atoms with E-state index in [0.29, 0.717) is 13.0 Å². The largest absolute Gasteiger partial charge is 1.00 e. The average Bonchev–Trinajstić information content (AvgIpc) is 3.31. The Morgan fingerprint density at radius 3 is 2.26 bits per heavy atom. The van der Waals surface area contributed by atoms with Gasteiger partial charge in [0.25, 0.3) is 0 Å². The van der Waals surface area contributed by atoms with Crippen molar-refractivity contribution in [1.82, 2.24) is 10.2 Å². The van der Waals surface area contributed by atoms with Crippen LogP contribution in [0.1, 0.15) is 42.0 Å². The molecule has 0 spiro atoms. The molecular weight excluding hydrogens is 446 g/mol. The molecule has 4 nitrogen and oxygen atoms in total. The van der Waals surface area contributed by atoms with E-state index < -0.39 is 6.17 Å². The summed E-state index contributed by atoms with van der Waals surface area (Å²) >= 11 is 0. The second-order valence-electron chi connectivity index (χ2n) is 7.90. The number of likely N-dealkylation sites (tertiary alicyclic amines) is 1. The predicted molar refractivity (Wildman–Crippen MR) is 145 cm³/mol. The first kappa shape index (κ1) is 32.6. The molecule has 0 amide bonds. The molecule has 3 rings (SSSR count). The molecule has 2 unspecified atom stereocenters.